The Morgan fingerprint density at radius 2 is 1.93 bits per heavy atom. The Labute approximate surface area is 186 Å². The highest BCUT2D eigenvalue weighted by atomic mass is 127. The van der Waals surface area contributed by atoms with Gasteiger partial charge < -0.3 is 15.5 Å². The van der Waals surface area contributed by atoms with Crippen LogP contribution in [0, 0.1) is 0 Å². The van der Waals surface area contributed by atoms with E-state index in [2.05, 4.69) is 47.9 Å². The van der Waals surface area contributed by atoms with Crippen molar-refractivity contribution >= 4 is 35.8 Å². The summed E-state index contributed by atoms with van der Waals surface area (Å²) in [7, 11) is 0. The normalized spacial score (nSPS) is 21.3. The summed E-state index contributed by atoms with van der Waals surface area (Å²) in [6, 6.07) is 11.2. The van der Waals surface area contributed by atoms with Gasteiger partial charge in [-0.3, -0.25) is 9.79 Å². The third-order valence-corrected chi connectivity index (χ3v) is 6.02. The van der Waals surface area contributed by atoms with Crippen LogP contribution in [-0.4, -0.2) is 49.0 Å². The molecule has 1 aromatic carbocycles. The van der Waals surface area contributed by atoms with E-state index in [0.29, 0.717) is 6.42 Å². The van der Waals surface area contributed by atoms with Crippen molar-refractivity contribution in [3.63, 3.8) is 0 Å². The second-order valence-corrected chi connectivity index (χ2v) is 7.87. The number of nitrogens with one attached hydrogen (secondary N) is 2. The summed E-state index contributed by atoms with van der Waals surface area (Å²) in [5.41, 5.74) is 1.59. The van der Waals surface area contributed by atoms with E-state index in [1.165, 1.54) is 31.2 Å². The number of halogens is 1. The molecule has 1 aromatic rings. The summed E-state index contributed by atoms with van der Waals surface area (Å²) in [5, 5.41) is 6.96. The number of guanidine groups is 1. The molecule has 0 spiro atoms. The second-order valence-electron chi connectivity index (χ2n) is 7.87. The third-order valence-electron chi connectivity index (χ3n) is 6.02. The van der Waals surface area contributed by atoms with Crippen LogP contribution in [0.4, 0.5) is 0 Å². The van der Waals surface area contributed by atoms with E-state index in [1.54, 1.807) is 0 Å². The molecule has 156 valence electrons. The molecule has 0 bridgehead atoms. The van der Waals surface area contributed by atoms with Crippen molar-refractivity contribution in [3.05, 3.63) is 35.9 Å². The molecule has 1 aliphatic carbocycles. The lowest BCUT2D eigenvalue weighted by atomic mass is 9.79. The molecular formula is C22H35IN4O. The van der Waals surface area contributed by atoms with Crippen molar-refractivity contribution in [2.75, 3.05) is 26.2 Å². The van der Waals surface area contributed by atoms with E-state index in [4.69, 9.17) is 4.99 Å². The van der Waals surface area contributed by atoms with Gasteiger partial charge in [-0.2, -0.15) is 0 Å². The summed E-state index contributed by atoms with van der Waals surface area (Å²) in [6.07, 6.45) is 6.56. The minimum absolute atomic E-state index is 0. The zero-order valence-electron chi connectivity index (χ0n) is 17.2. The van der Waals surface area contributed by atoms with Crippen molar-refractivity contribution in [1.29, 1.82) is 0 Å². The molecule has 28 heavy (non-hydrogen) atoms. The standard InChI is InChI=1S/C22H34N4O.HI/c1-3-20(27)26-15-12-19(16-26)25-21(23-4-2)24-17-22(13-8-9-14-22)18-10-6-5-7-11-18;/h5-7,10-11,19H,3-4,8-9,12-17H2,1-2H3,(H2,23,24,25);1H. The molecule has 2 fully saturated rings. The fraction of sp³-hybridized carbons (Fsp3) is 0.636. The van der Waals surface area contributed by atoms with Gasteiger partial charge in [-0.15, -0.1) is 24.0 Å². The molecule has 5 nitrogen and oxygen atoms in total. The van der Waals surface area contributed by atoms with Gasteiger partial charge in [0.1, 0.15) is 0 Å². The van der Waals surface area contributed by atoms with Crippen LogP contribution in [0.1, 0.15) is 57.9 Å². The predicted octanol–water partition coefficient (Wildman–Crippen LogP) is 3.68. The third kappa shape index (κ3) is 5.61. The summed E-state index contributed by atoms with van der Waals surface area (Å²) >= 11 is 0. The molecule has 0 aromatic heterocycles. The number of amides is 1. The molecule has 1 aliphatic heterocycles. The number of benzene rings is 1. The Bertz CT molecular complexity index is 643. The number of rotatable bonds is 6. The first-order valence-corrected chi connectivity index (χ1v) is 10.5. The van der Waals surface area contributed by atoms with Crippen molar-refractivity contribution in [2.45, 2.75) is 63.8 Å². The highest BCUT2D eigenvalue weighted by Gasteiger charge is 2.35. The van der Waals surface area contributed by atoms with E-state index in [-0.39, 0.29) is 41.3 Å². The first-order valence-electron chi connectivity index (χ1n) is 10.5. The van der Waals surface area contributed by atoms with Crippen LogP contribution >= 0.6 is 24.0 Å². The SMILES string of the molecule is CCNC(=NCC1(c2ccccc2)CCCC1)NC1CCN(C(=O)CC)C1.I. The van der Waals surface area contributed by atoms with Crippen LogP contribution in [0.15, 0.2) is 35.3 Å². The van der Waals surface area contributed by atoms with E-state index >= 15 is 0 Å². The van der Waals surface area contributed by atoms with Crippen molar-refractivity contribution in [2.24, 2.45) is 4.99 Å². The van der Waals surface area contributed by atoms with Gasteiger partial charge in [0.25, 0.3) is 0 Å². The maximum atomic E-state index is 11.9. The minimum atomic E-state index is 0. The van der Waals surface area contributed by atoms with Crippen LogP contribution in [0.25, 0.3) is 0 Å². The van der Waals surface area contributed by atoms with Gasteiger partial charge in [0.05, 0.1) is 6.54 Å². The van der Waals surface area contributed by atoms with Crippen LogP contribution in [-0.2, 0) is 10.2 Å². The van der Waals surface area contributed by atoms with Gasteiger partial charge in [-0.25, -0.2) is 0 Å². The summed E-state index contributed by atoms with van der Waals surface area (Å²) in [5.74, 6) is 1.13. The van der Waals surface area contributed by atoms with E-state index < -0.39 is 0 Å². The van der Waals surface area contributed by atoms with Crippen molar-refractivity contribution in [1.82, 2.24) is 15.5 Å². The Morgan fingerprint density at radius 1 is 1.21 bits per heavy atom. The Hall–Kier alpha value is -1.31. The molecule has 1 saturated heterocycles. The summed E-state index contributed by atoms with van der Waals surface area (Å²) in [6.45, 7) is 7.31. The van der Waals surface area contributed by atoms with Crippen LogP contribution in [0.5, 0.6) is 0 Å². The number of carbonyl (C=O) groups is 1. The molecule has 1 atom stereocenters. The minimum Gasteiger partial charge on any atom is -0.357 e. The number of hydrogen-bond donors (Lipinski definition) is 2. The first-order chi connectivity index (χ1) is 13.2. The number of carbonyl (C=O) groups excluding carboxylic acids is 1. The van der Waals surface area contributed by atoms with Crippen LogP contribution in [0.2, 0.25) is 0 Å². The number of nitrogens with zero attached hydrogens (tertiary/aromatic N) is 2. The maximum Gasteiger partial charge on any atom is 0.222 e. The molecule has 3 rings (SSSR count). The summed E-state index contributed by atoms with van der Waals surface area (Å²) < 4.78 is 0. The lowest BCUT2D eigenvalue weighted by Crippen LogP contribution is -2.45. The molecular weight excluding hydrogens is 463 g/mol. The highest BCUT2D eigenvalue weighted by molar-refractivity contribution is 14.0. The molecule has 1 saturated carbocycles. The van der Waals surface area contributed by atoms with Gasteiger partial charge in [-0.1, -0.05) is 50.1 Å². The smallest absolute Gasteiger partial charge is 0.222 e. The van der Waals surface area contributed by atoms with Crippen molar-refractivity contribution < 1.29 is 4.79 Å². The zero-order chi connectivity index (χ0) is 19.1. The quantitative estimate of drug-likeness (QED) is 0.358. The Balaban J connectivity index is 0.00000280. The number of aliphatic imine (C=N–C) groups is 1. The fourth-order valence-electron chi connectivity index (χ4n) is 4.45. The summed E-state index contributed by atoms with van der Waals surface area (Å²) in [4.78, 5) is 18.9. The van der Waals surface area contributed by atoms with Gasteiger partial charge in [-0.05, 0) is 31.7 Å². The van der Waals surface area contributed by atoms with E-state index in [1.807, 2.05) is 11.8 Å². The average molecular weight is 498 g/mol. The monoisotopic (exact) mass is 498 g/mol. The fourth-order valence-corrected chi connectivity index (χ4v) is 4.45. The Kier molecular flexibility index (Phi) is 9.05. The molecule has 1 unspecified atom stereocenters. The first kappa shape index (κ1) is 23.0. The maximum absolute atomic E-state index is 11.9. The second kappa shape index (κ2) is 11.0. The zero-order valence-corrected chi connectivity index (χ0v) is 19.6. The van der Waals surface area contributed by atoms with Gasteiger partial charge in [0.2, 0.25) is 5.91 Å². The van der Waals surface area contributed by atoms with Gasteiger partial charge in [0, 0.05) is 37.5 Å². The number of likely N-dealkylation sites (tertiary alicyclic amines) is 1. The predicted molar refractivity (Wildman–Crippen MR) is 126 cm³/mol. The largest absolute Gasteiger partial charge is 0.357 e. The van der Waals surface area contributed by atoms with E-state index in [9.17, 15) is 4.79 Å². The van der Waals surface area contributed by atoms with Crippen LogP contribution in [0.3, 0.4) is 0 Å². The molecule has 0 radical (unpaired) electrons. The number of hydrogen-bond acceptors (Lipinski definition) is 2. The lowest BCUT2D eigenvalue weighted by molar-refractivity contribution is -0.129. The molecule has 2 N–H and O–H groups in total. The lowest BCUT2D eigenvalue weighted by Gasteiger charge is -2.28. The van der Waals surface area contributed by atoms with Crippen molar-refractivity contribution in [3.8, 4) is 0 Å². The molecule has 1 amide bonds. The molecule has 2 aliphatic rings. The molecule has 1 heterocycles. The van der Waals surface area contributed by atoms with Gasteiger partial charge >= 0.3 is 0 Å². The van der Waals surface area contributed by atoms with Gasteiger partial charge in [0.15, 0.2) is 5.96 Å². The Morgan fingerprint density at radius 3 is 2.57 bits per heavy atom. The van der Waals surface area contributed by atoms with Crippen LogP contribution < -0.4 is 10.6 Å². The molecule has 6 heteroatoms. The average Bonchev–Trinajstić information content (AvgIpc) is 3.37. The van der Waals surface area contributed by atoms with E-state index in [0.717, 1.165) is 38.6 Å². The topological polar surface area (TPSA) is 56.7 Å². The highest BCUT2D eigenvalue weighted by Crippen LogP contribution is 2.41.